The summed E-state index contributed by atoms with van der Waals surface area (Å²) in [6.45, 7) is 4.28. The summed E-state index contributed by atoms with van der Waals surface area (Å²) in [4.78, 5) is 20.9. The van der Waals surface area contributed by atoms with Crippen LogP contribution >= 0.6 is 11.3 Å². The molecule has 3 aromatic rings. The first-order valence-electron chi connectivity index (χ1n) is 7.96. The molecule has 0 radical (unpaired) electrons. The fourth-order valence-corrected chi connectivity index (χ4v) is 2.95. The number of aromatic nitrogens is 2. The van der Waals surface area contributed by atoms with Crippen molar-refractivity contribution < 1.29 is 9.53 Å². The van der Waals surface area contributed by atoms with E-state index in [1.165, 1.54) is 0 Å². The zero-order chi connectivity index (χ0) is 17.6. The highest BCUT2D eigenvalue weighted by Crippen LogP contribution is 2.17. The Morgan fingerprint density at radius 2 is 2.20 bits per heavy atom. The monoisotopic (exact) mass is 353 g/mol. The number of rotatable bonds is 6. The highest BCUT2D eigenvalue weighted by molar-refractivity contribution is 7.09. The number of hydrogen-bond donors (Lipinski definition) is 1. The maximum Gasteiger partial charge on any atom is 0.251 e. The molecular weight excluding hydrogens is 334 g/mol. The number of nitrogens with one attached hydrogen (secondary N) is 1. The molecule has 0 fully saturated rings. The van der Waals surface area contributed by atoms with Crippen molar-refractivity contribution in [2.24, 2.45) is 0 Å². The zero-order valence-corrected chi connectivity index (χ0v) is 14.9. The standard InChI is InChI=1S/C19H19N3O2S/c1-13(16-6-4-8-20-10-16)21-19(23)15-5-3-7-18(9-15)24-11-17-12-25-14(2)22-17/h3-10,12-13H,11H2,1-2H3,(H,21,23). The normalized spacial score (nSPS) is 11.8. The van der Waals surface area contributed by atoms with E-state index in [9.17, 15) is 4.79 Å². The Morgan fingerprint density at radius 3 is 2.92 bits per heavy atom. The van der Waals surface area contributed by atoms with E-state index in [0.29, 0.717) is 17.9 Å². The molecule has 1 N–H and O–H groups in total. The van der Waals surface area contributed by atoms with Gasteiger partial charge in [0, 0.05) is 23.3 Å². The molecule has 1 unspecified atom stereocenters. The minimum atomic E-state index is -0.147. The predicted molar refractivity (Wildman–Crippen MR) is 97.7 cm³/mol. The van der Waals surface area contributed by atoms with E-state index in [4.69, 9.17) is 4.74 Å². The van der Waals surface area contributed by atoms with Crippen LogP contribution in [0.4, 0.5) is 0 Å². The Bertz CT molecular complexity index is 849. The number of carbonyl (C=O) groups is 1. The Balaban J connectivity index is 1.63. The van der Waals surface area contributed by atoms with Gasteiger partial charge in [-0.25, -0.2) is 4.98 Å². The van der Waals surface area contributed by atoms with Gasteiger partial charge in [0.15, 0.2) is 0 Å². The average molecular weight is 353 g/mol. The Morgan fingerprint density at radius 1 is 1.32 bits per heavy atom. The van der Waals surface area contributed by atoms with Crippen LogP contribution in [0.15, 0.2) is 54.2 Å². The summed E-state index contributed by atoms with van der Waals surface area (Å²) < 4.78 is 5.74. The minimum Gasteiger partial charge on any atom is -0.487 e. The van der Waals surface area contributed by atoms with Crippen molar-refractivity contribution in [2.75, 3.05) is 0 Å². The quantitative estimate of drug-likeness (QED) is 0.729. The number of pyridine rings is 1. The first-order valence-corrected chi connectivity index (χ1v) is 8.84. The van der Waals surface area contributed by atoms with Crippen LogP contribution in [-0.4, -0.2) is 15.9 Å². The first-order chi connectivity index (χ1) is 12.1. The fourth-order valence-electron chi connectivity index (χ4n) is 2.35. The van der Waals surface area contributed by atoms with Gasteiger partial charge in [-0.05, 0) is 43.7 Å². The van der Waals surface area contributed by atoms with Crippen molar-refractivity contribution in [1.82, 2.24) is 15.3 Å². The Labute approximate surface area is 150 Å². The molecule has 128 valence electrons. The van der Waals surface area contributed by atoms with Gasteiger partial charge in [-0.3, -0.25) is 9.78 Å². The van der Waals surface area contributed by atoms with Crippen LogP contribution in [0.5, 0.6) is 5.75 Å². The molecule has 0 saturated heterocycles. The zero-order valence-electron chi connectivity index (χ0n) is 14.1. The number of amides is 1. The molecule has 5 nitrogen and oxygen atoms in total. The molecule has 0 aliphatic carbocycles. The van der Waals surface area contributed by atoms with Gasteiger partial charge >= 0.3 is 0 Å². The molecule has 6 heteroatoms. The van der Waals surface area contributed by atoms with Crippen molar-refractivity contribution in [1.29, 1.82) is 0 Å². The molecule has 0 saturated carbocycles. The smallest absolute Gasteiger partial charge is 0.251 e. The molecule has 2 aromatic heterocycles. The van der Waals surface area contributed by atoms with Gasteiger partial charge in [0.1, 0.15) is 12.4 Å². The van der Waals surface area contributed by atoms with E-state index < -0.39 is 0 Å². The lowest BCUT2D eigenvalue weighted by molar-refractivity contribution is 0.0939. The van der Waals surface area contributed by atoms with Crippen LogP contribution in [0, 0.1) is 6.92 Å². The van der Waals surface area contributed by atoms with Crippen LogP contribution in [-0.2, 0) is 6.61 Å². The lowest BCUT2D eigenvalue weighted by Crippen LogP contribution is -2.26. The lowest BCUT2D eigenvalue weighted by atomic mass is 10.1. The molecule has 2 heterocycles. The molecule has 0 spiro atoms. The molecule has 25 heavy (non-hydrogen) atoms. The third kappa shape index (κ3) is 4.64. The van der Waals surface area contributed by atoms with Crippen molar-refractivity contribution in [3.63, 3.8) is 0 Å². The Hall–Kier alpha value is -2.73. The van der Waals surface area contributed by atoms with Crippen molar-refractivity contribution >= 4 is 17.2 Å². The molecule has 0 aliphatic heterocycles. The van der Waals surface area contributed by atoms with E-state index in [0.717, 1.165) is 16.3 Å². The summed E-state index contributed by atoms with van der Waals surface area (Å²) in [5, 5.41) is 5.96. The number of carbonyl (C=O) groups excluding carboxylic acids is 1. The summed E-state index contributed by atoms with van der Waals surface area (Å²) in [6, 6.07) is 10.8. The number of benzene rings is 1. The van der Waals surface area contributed by atoms with E-state index in [-0.39, 0.29) is 11.9 Å². The maximum absolute atomic E-state index is 12.5. The number of thiazole rings is 1. The molecule has 0 bridgehead atoms. The van der Waals surface area contributed by atoms with Crippen molar-refractivity contribution in [3.05, 3.63) is 76.0 Å². The topological polar surface area (TPSA) is 64.1 Å². The molecule has 0 aliphatic rings. The van der Waals surface area contributed by atoms with Gasteiger partial charge in [-0.2, -0.15) is 0 Å². The minimum absolute atomic E-state index is 0.122. The van der Waals surface area contributed by atoms with E-state index in [2.05, 4.69) is 15.3 Å². The van der Waals surface area contributed by atoms with Crippen molar-refractivity contribution in [3.8, 4) is 5.75 Å². The average Bonchev–Trinajstić information content (AvgIpc) is 3.06. The summed E-state index contributed by atoms with van der Waals surface area (Å²) >= 11 is 1.59. The van der Waals surface area contributed by atoms with Gasteiger partial charge in [-0.15, -0.1) is 11.3 Å². The summed E-state index contributed by atoms with van der Waals surface area (Å²) in [5.74, 6) is 0.499. The van der Waals surface area contributed by atoms with Gasteiger partial charge in [-0.1, -0.05) is 12.1 Å². The van der Waals surface area contributed by atoms with Crippen LogP contribution in [0.1, 0.15) is 39.6 Å². The molecule has 1 atom stereocenters. The maximum atomic E-state index is 12.5. The highest BCUT2D eigenvalue weighted by Gasteiger charge is 2.12. The largest absolute Gasteiger partial charge is 0.487 e. The van der Waals surface area contributed by atoms with E-state index in [1.54, 1.807) is 35.9 Å². The summed E-state index contributed by atoms with van der Waals surface area (Å²) in [5.41, 5.74) is 2.41. The molecule has 1 amide bonds. The summed E-state index contributed by atoms with van der Waals surface area (Å²) in [6.07, 6.45) is 3.46. The molecular formula is C19H19N3O2S. The number of ether oxygens (including phenoxy) is 1. The second-order valence-corrected chi connectivity index (χ2v) is 6.72. The predicted octanol–water partition coefficient (Wildman–Crippen LogP) is 3.92. The number of hydrogen-bond acceptors (Lipinski definition) is 5. The van der Waals surface area contributed by atoms with Crippen LogP contribution in [0.2, 0.25) is 0 Å². The first kappa shape index (κ1) is 17.1. The van der Waals surface area contributed by atoms with Crippen LogP contribution in [0.25, 0.3) is 0 Å². The fraction of sp³-hybridized carbons (Fsp3) is 0.211. The van der Waals surface area contributed by atoms with Gasteiger partial charge < -0.3 is 10.1 Å². The number of aryl methyl sites for hydroxylation is 1. The van der Waals surface area contributed by atoms with E-state index in [1.807, 2.05) is 43.5 Å². The SMILES string of the molecule is Cc1nc(COc2cccc(C(=O)NC(C)c3cccnc3)c2)cs1. The second kappa shape index (κ2) is 7.90. The van der Waals surface area contributed by atoms with E-state index >= 15 is 0 Å². The van der Waals surface area contributed by atoms with Gasteiger partial charge in [0.25, 0.3) is 5.91 Å². The van der Waals surface area contributed by atoms with Crippen LogP contribution in [0.3, 0.4) is 0 Å². The van der Waals surface area contributed by atoms with Gasteiger partial charge in [0.05, 0.1) is 16.7 Å². The third-order valence-electron chi connectivity index (χ3n) is 3.68. The summed E-state index contributed by atoms with van der Waals surface area (Å²) in [7, 11) is 0. The third-order valence-corrected chi connectivity index (χ3v) is 4.50. The molecule has 1 aromatic carbocycles. The second-order valence-electron chi connectivity index (χ2n) is 5.66. The number of nitrogens with zero attached hydrogens (tertiary/aromatic N) is 2. The molecule has 3 rings (SSSR count). The Kier molecular flexibility index (Phi) is 5.40. The lowest BCUT2D eigenvalue weighted by Gasteiger charge is -2.14. The van der Waals surface area contributed by atoms with Gasteiger partial charge in [0.2, 0.25) is 0 Å². The van der Waals surface area contributed by atoms with Crippen LogP contribution < -0.4 is 10.1 Å². The highest BCUT2D eigenvalue weighted by atomic mass is 32.1. The van der Waals surface area contributed by atoms with Crippen molar-refractivity contribution in [2.45, 2.75) is 26.5 Å².